The van der Waals surface area contributed by atoms with Gasteiger partial charge in [-0.3, -0.25) is 29.4 Å². The molecule has 2 aliphatic carbocycles. The number of carbonyl (C=O) groups excluding carboxylic acids is 4. The Morgan fingerprint density at radius 1 is 0.864 bits per heavy atom. The van der Waals surface area contributed by atoms with Gasteiger partial charge in [-0.15, -0.1) is 0 Å². The molecule has 2 saturated heterocycles. The first-order chi connectivity index (χ1) is 28.7. The Balaban J connectivity index is 0.952. The van der Waals surface area contributed by atoms with Crippen LogP contribution in [0.3, 0.4) is 0 Å². The first-order valence-electron chi connectivity index (χ1n) is 22.0. The fourth-order valence-electron chi connectivity index (χ4n) is 9.76. The van der Waals surface area contributed by atoms with E-state index < -0.39 is 18.1 Å². The number of esters is 2. The summed E-state index contributed by atoms with van der Waals surface area (Å²) in [6, 6.07) is 14.2. The number of hydrogen-bond donors (Lipinski definition) is 2. The van der Waals surface area contributed by atoms with Gasteiger partial charge in [-0.1, -0.05) is 55.7 Å². The first-order valence-corrected chi connectivity index (χ1v) is 22.0. The summed E-state index contributed by atoms with van der Waals surface area (Å²) in [7, 11) is 3.28. The SMILES string of the molecule is CCOC(=O)[C@@H](CCc1ccccc1)N[C@H](C)C(=O)N1[C@@H](C(=O)NCCC(=O)OC2CCN([C@@H]3CCCC[C@H]3OCCc3ccc(OC)c(OC)c3)C2)C[C@H]2CCC[C@H]21. The fraction of sp³-hybridized carbons (Fsp3) is 0.652. The minimum atomic E-state index is -0.699. The van der Waals surface area contributed by atoms with Gasteiger partial charge in [-0.05, 0) is 101 Å². The number of carbonyl (C=O) groups is 4. The highest BCUT2D eigenvalue weighted by molar-refractivity contribution is 5.91. The van der Waals surface area contributed by atoms with Crippen molar-refractivity contribution in [1.29, 1.82) is 0 Å². The van der Waals surface area contributed by atoms with Crippen molar-refractivity contribution in [2.24, 2.45) is 5.92 Å². The molecule has 0 spiro atoms. The maximum Gasteiger partial charge on any atom is 0.323 e. The number of hydrogen-bond acceptors (Lipinski definition) is 11. The van der Waals surface area contributed by atoms with E-state index in [0.717, 1.165) is 75.5 Å². The second kappa shape index (κ2) is 21.9. The number of fused-ring (bicyclic) bond motifs is 1. The summed E-state index contributed by atoms with van der Waals surface area (Å²) in [5, 5.41) is 6.20. The Hall–Kier alpha value is -4.20. The summed E-state index contributed by atoms with van der Waals surface area (Å²) in [5.74, 6) is 0.512. The van der Waals surface area contributed by atoms with Crippen molar-refractivity contribution >= 4 is 23.8 Å². The highest BCUT2D eigenvalue weighted by Gasteiger charge is 2.49. The molecule has 2 aromatic carbocycles. The summed E-state index contributed by atoms with van der Waals surface area (Å²) in [6.45, 7) is 6.06. The fourth-order valence-corrected chi connectivity index (χ4v) is 9.76. The molecule has 2 amide bonds. The zero-order valence-electron chi connectivity index (χ0n) is 35.5. The number of ether oxygens (including phenoxy) is 5. The second-order valence-electron chi connectivity index (χ2n) is 16.6. The van der Waals surface area contributed by atoms with E-state index in [1.807, 2.05) is 48.5 Å². The van der Waals surface area contributed by atoms with Gasteiger partial charge in [-0.2, -0.15) is 0 Å². The van der Waals surface area contributed by atoms with Crippen LogP contribution in [0.15, 0.2) is 48.5 Å². The second-order valence-corrected chi connectivity index (χ2v) is 16.6. The number of likely N-dealkylation sites (tertiary alicyclic amines) is 2. The van der Waals surface area contributed by atoms with E-state index in [-0.39, 0.29) is 73.5 Å². The summed E-state index contributed by atoms with van der Waals surface area (Å²) in [6.07, 6.45) is 10.5. The van der Waals surface area contributed by atoms with E-state index >= 15 is 0 Å². The number of methoxy groups -OCH3 is 2. The molecule has 8 atom stereocenters. The van der Waals surface area contributed by atoms with Crippen LogP contribution < -0.4 is 20.1 Å². The lowest BCUT2D eigenvalue weighted by Crippen LogP contribution is -2.56. The zero-order chi connectivity index (χ0) is 41.7. The molecular weight excluding hydrogens is 753 g/mol. The maximum absolute atomic E-state index is 14.1. The lowest BCUT2D eigenvalue weighted by molar-refractivity contribution is -0.149. The predicted octanol–water partition coefficient (Wildman–Crippen LogP) is 5.01. The third kappa shape index (κ3) is 11.8. The van der Waals surface area contributed by atoms with Crippen LogP contribution in [-0.2, 0) is 46.2 Å². The molecule has 6 rings (SSSR count). The smallest absolute Gasteiger partial charge is 0.323 e. The summed E-state index contributed by atoms with van der Waals surface area (Å²) in [5.41, 5.74) is 2.23. The molecule has 0 bridgehead atoms. The highest BCUT2D eigenvalue weighted by Crippen LogP contribution is 2.42. The molecule has 4 aliphatic rings. The number of benzene rings is 2. The van der Waals surface area contributed by atoms with Crippen LogP contribution in [0.5, 0.6) is 11.5 Å². The van der Waals surface area contributed by atoms with E-state index in [4.69, 9.17) is 23.7 Å². The third-order valence-corrected chi connectivity index (χ3v) is 12.8. The number of nitrogens with one attached hydrogen (secondary N) is 2. The minimum absolute atomic E-state index is 0.0186. The van der Waals surface area contributed by atoms with Crippen LogP contribution in [0.4, 0.5) is 0 Å². The topological polar surface area (TPSA) is 145 Å². The van der Waals surface area contributed by atoms with Crippen molar-refractivity contribution in [3.05, 3.63) is 59.7 Å². The van der Waals surface area contributed by atoms with Crippen molar-refractivity contribution in [2.45, 2.75) is 140 Å². The van der Waals surface area contributed by atoms with Gasteiger partial charge >= 0.3 is 11.9 Å². The Labute approximate surface area is 350 Å². The van der Waals surface area contributed by atoms with Crippen molar-refractivity contribution in [2.75, 3.05) is 47.1 Å². The molecule has 4 fully saturated rings. The number of aryl methyl sites for hydroxylation is 1. The number of amides is 2. The average molecular weight is 819 g/mol. The Morgan fingerprint density at radius 3 is 2.42 bits per heavy atom. The molecule has 2 saturated carbocycles. The normalized spacial score (nSPS) is 25.2. The molecule has 13 heteroatoms. The molecule has 2 aliphatic heterocycles. The van der Waals surface area contributed by atoms with E-state index in [0.29, 0.717) is 43.9 Å². The van der Waals surface area contributed by atoms with Crippen LogP contribution in [-0.4, -0.2) is 123 Å². The van der Waals surface area contributed by atoms with Crippen LogP contribution in [0, 0.1) is 5.92 Å². The number of nitrogens with zero attached hydrogens (tertiary/aromatic N) is 2. The van der Waals surface area contributed by atoms with E-state index in [2.05, 4.69) is 15.5 Å². The predicted molar refractivity (Wildman–Crippen MR) is 223 cm³/mol. The lowest BCUT2D eigenvalue weighted by atomic mass is 9.91. The monoisotopic (exact) mass is 818 g/mol. The number of rotatable bonds is 20. The molecule has 1 unspecified atom stereocenters. The molecule has 324 valence electrons. The molecule has 2 N–H and O–H groups in total. The lowest BCUT2D eigenvalue weighted by Gasteiger charge is -2.37. The molecular formula is C46H66N4O9. The van der Waals surface area contributed by atoms with Crippen molar-refractivity contribution in [3.8, 4) is 11.5 Å². The zero-order valence-corrected chi connectivity index (χ0v) is 35.5. The van der Waals surface area contributed by atoms with Crippen LogP contribution in [0.2, 0.25) is 0 Å². The van der Waals surface area contributed by atoms with Gasteiger partial charge in [0.1, 0.15) is 18.2 Å². The summed E-state index contributed by atoms with van der Waals surface area (Å²) >= 11 is 0. The average Bonchev–Trinajstić information content (AvgIpc) is 4.00. The standard InChI is InChI=1S/C46H66N4O9/c1-5-57-46(54)36(20-18-32-12-7-6-8-13-32)48-31(2)45(53)50-37-16-11-14-34(37)29-39(50)44(52)47-25-22-43(51)59-35-23-26-49(30-35)38-15-9-10-17-40(38)58-27-24-33-19-21-41(55-3)42(28-33)56-4/h6-8,12-13,19,21,28,31,34-40,48H,5,9-11,14-18,20,22-27,29-30H2,1-4H3,(H,47,52)/t31-,34-,35?,36-,37-,38-,39-,40-/m1/s1. The summed E-state index contributed by atoms with van der Waals surface area (Å²) in [4.78, 5) is 58.0. The van der Waals surface area contributed by atoms with Crippen molar-refractivity contribution < 1.29 is 42.9 Å². The van der Waals surface area contributed by atoms with Gasteiger partial charge in [0.05, 0.1) is 46.0 Å². The molecule has 0 radical (unpaired) electrons. The van der Waals surface area contributed by atoms with Crippen molar-refractivity contribution in [1.82, 2.24) is 20.4 Å². The van der Waals surface area contributed by atoms with E-state index in [1.54, 1.807) is 33.0 Å². The molecule has 0 aromatic heterocycles. The van der Waals surface area contributed by atoms with Gasteiger partial charge in [0.25, 0.3) is 0 Å². The molecule has 2 aromatic rings. The highest BCUT2D eigenvalue weighted by atomic mass is 16.5. The van der Waals surface area contributed by atoms with Gasteiger partial charge in [0.2, 0.25) is 11.8 Å². The first kappa shape index (κ1) is 44.4. The van der Waals surface area contributed by atoms with Crippen LogP contribution >= 0.6 is 0 Å². The quantitative estimate of drug-likeness (QED) is 0.174. The maximum atomic E-state index is 14.1. The molecule has 2 heterocycles. The minimum Gasteiger partial charge on any atom is -0.493 e. The Bertz CT molecular complexity index is 1690. The Morgan fingerprint density at radius 2 is 1.64 bits per heavy atom. The van der Waals surface area contributed by atoms with Crippen LogP contribution in [0.1, 0.15) is 95.6 Å². The Kier molecular flexibility index (Phi) is 16.4. The summed E-state index contributed by atoms with van der Waals surface area (Å²) < 4.78 is 28.6. The largest absolute Gasteiger partial charge is 0.493 e. The van der Waals surface area contributed by atoms with Crippen molar-refractivity contribution in [3.63, 3.8) is 0 Å². The van der Waals surface area contributed by atoms with Crippen LogP contribution in [0.25, 0.3) is 0 Å². The van der Waals surface area contributed by atoms with E-state index in [9.17, 15) is 19.2 Å². The molecule has 59 heavy (non-hydrogen) atoms. The van der Waals surface area contributed by atoms with Gasteiger partial charge in [0.15, 0.2) is 11.5 Å². The van der Waals surface area contributed by atoms with Gasteiger partial charge < -0.3 is 33.9 Å². The van der Waals surface area contributed by atoms with Gasteiger partial charge in [-0.25, -0.2) is 0 Å². The van der Waals surface area contributed by atoms with E-state index in [1.165, 1.54) is 0 Å². The van der Waals surface area contributed by atoms with Gasteiger partial charge in [0, 0.05) is 31.7 Å². The molecule has 13 nitrogen and oxygen atoms in total. The third-order valence-electron chi connectivity index (χ3n) is 12.8.